The normalized spacial score (nSPS) is 10.1. The van der Waals surface area contributed by atoms with Crippen molar-refractivity contribution in [3.05, 3.63) is 59.8 Å². The molecule has 0 saturated carbocycles. The molecule has 114 valence electrons. The highest BCUT2D eigenvalue weighted by Crippen LogP contribution is 2.11. The third kappa shape index (κ3) is 5.10. The molecule has 23 heavy (non-hydrogen) atoms. The van der Waals surface area contributed by atoms with Crippen molar-refractivity contribution in [3.8, 4) is 6.07 Å². The van der Waals surface area contributed by atoms with Gasteiger partial charge < -0.3 is 10.6 Å². The van der Waals surface area contributed by atoms with Crippen molar-refractivity contribution < 1.29 is 9.59 Å². The number of aromatic nitrogens is 1. The molecule has 1 aromatic heterocycles. The zero-order valence-electron chi connectivity index (χ0n) is 12.4. The lowest BCUT2D eigenvalue weighted by Crippen LogP contribution is -2.09. The van der Waals surface area contributed by atoms with Gasteiger partial charge in [0.15, 0.2) is 0 Å². The minimum atomic E-state index is -0.326. The van der Waals surface area contributed by atoms with Crippen LogP contribution in [0.5, 0.6) is 0 Å². The molecule has 0 spiro atoms. The number of anilines is 2. The third-order valence-corrected chi connectivity index (χ3v) is 2.80. The maximum atomic E-state index is 11.8. The first-order valence-corrected chi connectivity index (χ1v) is 6.80. The average molecular weight is 306 g/mol. The number of pyridine rings is 1. The largest absolute Gasteiger partial charge is 0.326 e. The highest BCUT2D eigenvalue weighted by molar-refractivity contribution is 6.01. The summed E-state index contributed by atoms with van der Waals surface area (Å²) in [5, 5.41) is 13.9. The Hall–Kier alpha value is -3.46. The van der Waals surface area contributed by atoms with Gasteiger partial charge in [0, 0.05) is 24.9 Å². The molecule has 0 fully saturated rings. The molecule has 0 bridgehead atoms. The second-order valence-corrected chi connectivity index (χ2v) is 4.67. The van der Waals surface area contributed by atoms with Gasteiger partial charge >= 0.3 is 0 Å². The van der Waals surface area contributed by atoms with Crippen LogP contribution in [0.25, 0.3) is 6.08 Å². The van der Waals surface area contributed by atoms with E-state index in [1.807, 2.05) is 6.07 Å². The summed E-state index contributed by atoms with van der Waals surface area (Å²) in [5.74, 6) is -0.0876. The molecular weight excluding hydrogens is 292 g/mol. The molecule has 2 amide bonds. The zero-order chi connectivity index (χ0) is 16.7. The van der Waals surface area contributed by atoms with E-state index < -0.39 is 0 Å². The van der Waals surface area contributed by atoms with Gasteiger partial charge in [-0.2, -0.15) is 5.26 Å². The molecule has 0 saturated heterocycles. The molecule has 2 N–H and O–H groups in total. The number of nitriles is 1. The Labute approximate surface area is 133 Å². The van der Waals surface area contributed by atoms with Gasteiger partial charge in [0.1, 0.15) is 11.9 Å². The molecule has 0 unspecified atom stereocenters. The minimum Gasteiger partial charge on any atom is -0.326 e. The molecule has 0 atom stereocenters. The van der Waals surface area contributed by atoms with Crippen LogP contribution in [0, 0.1) is 11.3 Å². The number of amides is 2. The molecule has 2 rings (SSSR count). The van der Waals surface area contributed by atoms with Crippen molar-refractivity contribution in [1.82, 2.24) is 4.98 Å². The Bertz CT molecular complexity index is 772. The molecule has 0 aliphatic carbocycles. The van der Waals surface area contributed by atoms with Crippen molar-refractivity contribution in [2.24, 2.45) is 0 Å². The van der Waals surface area contributed by atoms with Gasteiger partial charge in [0.25, 0.3) is 0 Å². The smallest absolute Gasteiger partial charge is 0.249 e. The topological polar surface area (TPSA) is 94.9 Å². The first-order chi connectivity index (χ1) is 11.1. The van der Waals surface area contributed by atoms with Crippen LogP contribution >= 0.6 is 0 Å². The molecule has 0 aliphatic rings. The Morgan fingerprint density at radius 3 is 2.43 bits per heavy atom. The monoisotopic (exact) mass is 306 g/mol. The average Bonchev–Trinajstić information content (AvgIpc) is 2.54. The number of hydrogen-bond acceptors (Lipinski definition) is 4. The third-order valence-electron chi connectivity index (χ3n) is 2.80. The Morgan fingerprint density at radius 1 is 1.13 bits per heavy atom. The van der Waals surface area contributed by atoms with Crippen LogP contribution in [-0.4, -0.2) is 16.8 Å². The van der Waals surface area contributed by atoms with Crippen molar-refractivity contribution in [1.29, 1.82) is 5.26 Å². The number of carbonyl (C=O) groups excluding carboxylic acids is 2. The van der Waals surface area contributed by atoms with Crippen molar-refractivity contribution in [3.63, 3.8) is 0 Å². The second-order valence-electron chi connectivity index (χ2n) is 4.67. The lowest BCUT2D eigenvalue weighted by Gasteiger charge is -2.02. The van der Waals surface area contributed by atoms with E-state index in [9.17, 15) is 9.59 Å². The van der Waals surface area contributed by atoms with E-state index in [0.29, 0.717) is 17.1 Å². The maximum absolute atomic E-state index is 11.8. The summed E-state index contributed by atoms with van der Waals surface area (Å²) < 4.78 is 0. The van der Waals surface area contributed by atoms with Crippen LogP contribution < -0.4 is 10.6 Å². The van der Waals surface area contributed by atoms with Crippen LogP contribution in [0.2, 0.25) is 0 Å². The molecule has 0 aliphatic heterocycles. The van der Waals surface area contributed by atoms with Crippen LogP contribution in [0.15, 0.2) is 48.7 Å². The fourth-order valence-electron chi connectivity index (χ4n) is 1.75. The molecule has 1 aromatic carbocycles. The standard InChI is InChI=1S/C17H14N4O2/c1-12(22)20-15-6-2-13(3-7-15)5-9-17(23)21-16-8-4-14(10-18)11-19-16/h2-9,11H,1H3,(H,20,22)(H,19,21,23)/b9-5+. The highest BCUT2D eigenvalue weighted by Gasteiger charge is 2.00. The van der Waals surface area contributed by atoms with Gasteiger partial charge in [0.05, 0.1) is 5.56 Å². The molecule has 2 aromatic rings. The zero-order valence-corrected chi connectivity index (χ0v) is 12.4. The van der Waals surface area contributed by atoms with Gasteiger partial charge in [-0.25, -0.2) is 4.98 Å². The Kier molecular flexibility index (Phi) is 5.21. The number of carbonyl (C=O) groups is 2. The van der Waals surface area contributed by atoms with E-state index in [2.05, 4.69) is 15.6 Å². The predicted molar refractivity (Wildman–Crippen MR) is 87.4 cm³/mol. The summed E-state index contributed by atoms with van der Waals surface area (Å²) in [4.78, 5) is 26.7. The second kappa shape index (κ2) is 7.52. The predicted octanol–water partition coefficient (Wildman–Crippen LogP) is 2.56. The van der Waals surface area contributed by atoms with Crippen LogP contribution in [0.4, 0.5) is 11.5 Å². The molecule has 0 radical (unpaired) electrons. The summed E-state index contributed by atoms with van der Waals surface area (Å²) >= 11 is 0. The van der Waals surface area contributed by atoms with Gasteiger partial charge in [0.2, 0.25) is 11.8 Å². The number of rotatable bonds is 4. The van der Waals surface area contributed by atoms with Gasteiger partial charge in [-0.1, -0.05) is 12.1 Å². The van der Waals surface area contributed by atoms with Crippen molar-refractivity contribution >= 4 is 29.4 Å². The Morgan fingerprint density at radius 2 is 1.87 bits per heavy atom. The van der Waals surface area contributed by atoms with Crippen molar-refractivity contribution in [2.45, 2.75) is 6.92 Å². The van der Waals surface area contributed by atoms with Crippen molar-refractivity contribution in [2.75, 3.05) is 10.6 Å². The quantitative estimate of drug-likeness (QED) is 0.849. The lowest BCUT2D eigenvalue weighted by molar-refractivity contribution is -0.114. The van der Waals surface area contributed by atoms with Gasteiger partial charge in [-0.15, -0.1) is 0 Å². The van der Waals surface area contributed by atoms with Gasteiger partial charge in [-0.3, -0.25) is 9.59 Å². The maximum Gasteiger partial charge on any atom is 0.249 e. The van der Waals surface area contributed by atoms with E-state index in [-0.39, 0.29) is 11.8 Å². The van der Waals surface area contributed by atoms with Crippen LogP contribution in [-0.2, 0) is 9.59 Å². The fourth-order valence-corrected chi connectivity index (χ4v) is 1.75. The van der Waals surface area contributed by atoms with E-state index in [1.54, 1.807) is 42.5 Å². The summed E-state index contributed by atoms with van der Waals surface area (Å²) in [7, 11) is 0. The highest BCUT2D eigenvalue weighted by atomic mass is 16.2. The van der Waals surface area contributed by atoms with E-state index in [4.69, 9.17) is 5.26 Å². The molecule has 1 heterocycles. The molecule has 6 heteroatoms. The fraction of sp³-hybridized carbons (Fsp3) is 0.0588. The summed E-state index contributed by atoms with van der Waals surface area (Å²) in [6.45, 7) is 1.44. The number of nitrogens with zero attached hydrogens (tertiary/aromatic N) is 2. The first-order valence-electron chi connectivity index (χ1n) is 6.80. The van der Waals surface area contributed by atoms with E-state index in [1.165, 1.54) is 19.2 Å². The summed E-state index contributed by atoms with van der Waals surface area (Å²) in [6, 6.07) is 12.2. The number of hydrogen-bond donors (Lipinski definition) is 2. The number of nitrogens with one attached hydrogen (secondary N) is 2. The van der Waals surface area contributed by atoms with Crippen LogP contribution in [0.3, 0.4) is 0 Å². The summed E-state index contributed by atoms with van der Waals surface area (Å²) in [6.07, 6.45) is 4.42. The molecular formula is C17H14N4O2. The lowest BCUT2D eigenvalue weighted by atomic mass is 10.2. The van der Waals surface area contributed by atoms with E-state index >= 15 is 0 Å². The van der Waals surface area contributed by atoms with E-state index in [0.717, 1.165) is 5.56 Å². The first kappa shape index (κ1) is 15.9. The SMILES string of the molecule is CC(=O)Nc1ccc(/C=C/C(=O)Nc2ccc(C#N)cn2)cc1. The van der Waals surface area contributed by atoms with Gasteiger partial charge in [-0.05, 0) is 35.9 Å². The minimum absolute atomic E-state index is 0.136. The number of benzene rings is 1. The summed E-state index contributed by atoms with van der Waals surface area (Å²) in [5.41, 5.74) is 1.95. The Balaban J connectivity index is 1.94. The molecule has 6 nitrogen and oxygen atoms in total. The van der Waals surface area contributed by atoms with Crippen LogP contribution in [0.1, 0.15) is 18.1 Å².